The van der Waals surface area contributed by atoms with E-state index in [1.807, 2.05) is 68.5 Å². The Hall–Kier alpha value is -2.41. The molecular weight excluding hydrogens is 358 g/mol. The first-order valence-electron chi connectivity index (χ1n) is 8.80. The third-order valence-electron chi connectivity index (χ3n) is 4.63. The number of benzene rings is 2. The highest BCUT2D eigenvalue weighted by molar-refractivity contribution is 7.92. The first kappa shape index (κ1) is 19.4. The average molecular weight is 384 g/mol. The molecule has 1 heterocycles. The lowest BCUT2D eigenvalue weighted by Gasteiger charge is -2.24. The van der Waals surface area contributed by atoms with Crippen molar-refractivity contribution in [3.63, 3.8) is 0 Å². The maximum Gasteiger partial charge on any atom is 0.233 e. The fourth-order valence-electron chi connectivity index (χ4n) is 3.18. The van der Waals surface area contributed by atoms with Crippen LogP contribution >= 0.6 is 0 Å². The van der Waals surface area contributed by atoms with Crippen molar-refractivity contribution in [2.24, 2.45) is 7.05 Å². The number of aromatic nitrogens is 1. The van der Waals surface area contributed by atoms with Gasteiger partial charge in [-0.25, -0.2) is 13.1 Å². The molecule has 1 unspecified atom stereocenters. The predicted molar refractivity (Wildman–Crippen MR) is 112 cm³/mol. The van der Waals surface area contributed by atoms with Crippen LogP contribution in [0.25, 0.3) is 17.0 Å². The van der Waals surface area contributed by atoms with E-state index < -0.39 is 10.0 Å². The molecule has 1 aromatic heterocycles. The normalized spacial score (nSPS) is 13.6. The van der Waals surface area contributed by atoms with Crippen molar-refractivity contribution in [3.8, 4) is 0 Å². The molecule has 27 heavy (non-hydrogen) atoms. The van der Waals surface area contributed by atoms with E-state index in [0.717, 1.165) is 22.0 Å². The van der Waals surface area contributed by atoms with Gasteiger partial charge < -0.3 is 9.47 Å². The molecular formula is C21H25N3O2S. The van der Waals surface area contributed by atoms with Gasteiger partial charge in [-0.15, -0.1) is 0 Å². The van der Waals surface area contributed by atoms with Gasteiger partial charge in [0.25, 0.3) is 0 Å². The van der Waals surface area contributed by atoms with Crippen molar-refractivity contribution < 1.29 is 8.42 Å². The number of hydrogen-bond donors (Lipinski definition) is 1. The molecule has 0 aliphatic heterocycles. The Morgan fingerprint density at radius 2 is 1.74 bits per heavy atom. The Labute approximate surface area is 161 Å². The standard InChI is InChI=1S/C21H25N3O2S/c1-23(2)21(19-16-24(3)20-12-8-7-11-18(19)20)15-22-27(25,26)14-13-17-9-5-4-6-10-17/h4-14,16,21-22H,15H2,1-3H3/b14-13+. The Bertz CT molecular complexity index is 1040. The molecule has 2 aromatic carbocycles. The molecule has 0 saturated heterocycles. The smallest absolute Gasteiger partial charge is 0.233 e. The van der Waals surface area contributed by atoms with Crippen LogP contribution in [-0.2, 0) is 17.1 Å². The minimum Gasteiger partial charge on any atom is -0.350 e. The summed E-state index contributed by atoms with van der Waals surface area (Å²) in [5, 5.41) is 2.36. The van der Waals surface area contributed by atoms with Crippen molar-refractivity contribution in [1.82, 2.24) is 14.2 Å². The van der Waals surface area contributed by atoms with Crippen molar-refractivity contribution in [2.45, 2.75) is 6.04 Å². The lowest BCUT2D eigenvalue weighted by atomic mass is 10.1. The molecule has 1 N–H and O–H groups in total. The SMILES string of the molecule is CN(C)C(CNS(=O)(=O)/C=C/c1ccccc1)c1cn(C)c2ccccc12. The van der Waals surface area contributed by atoms with Crippen molar-refractivity contribution in [1.29, 1.82) is 0 Å². The number of hydrogen-bond acceptors (Lipinski definition) is 3. The van der Waals surface area contributed by atoms with Gasteiger partial charge >= 0.3 is 0 Å². The van der Waals surface area contributed by atoms with E-state index in [0.29, 0.717) is 6.54 Å². The molecule has 3 rings (SSSR count). The lowest BCUT2D eigenvalue weighted by molar-refractivity contribution is 0.301. The van der Waals surface area contributed by atoms with E-state index >= 15 is 0 Å². The average Bonchev–Trinajstić information content (AvgIpc) is 2.98. The summed E-state index contributed by atoms with van der Waals surface area (Å²) < 4.78 is 29.6. The zero-order valence-corrected chi connectivity index (χ0v) is 16.6. The van der Waals surface area contributed by atoms with Crippen LogP contribution in [0, 0.1) is 0 Å². The fourth-order valence-corrected chi connectivity index (χ4v) is 4.01. The lowest BCUT2D eigenvalue weighted by Crippen LogP contribution is -2.33. The number of fused-ring (bicyclic) bond motifs is 1. The summed E-state index contributed by atoms with van der Waals surface area (Å²) in [4.78, 5) is 2.03. The van der Waals surface area contributed by atoms with Gasteiger partial charge in [0.15, 0.2) is 0 Å². The molecule has 0 spiro atoms. The zero-order chi connectivity index (χ0) is 19.4. The summed E-state index contributed by atoms with van der Waals surface area (Å²) in [7, 11) is 2.40. The molecule has 0 amide bonds. The van der Waals surface area contributed by atoms with Crippen molar-refractivity contribution >= 4 is 27.0 Å². The van der Waals surface area contributed by atoms with Gasteiger partial charge in [0.1, 0.15) is 0 Å². The molecule has 5 nitrogen and oxygen atoms in total. The maximum atomic E-state index is 12.4. The second-order valence-corrected chi connectivity index (χ2v) is 8.45. The van der Waals surface area contributed by atoms with E-state index in [9.17, 15) is 8.42 Å². The summed E-state index contributed by atoms with van der Waals surface area (Å²) in [5.41, 5.74) is 3.08. The highest BCUT2D eigenvalue weighted by Gasteiger charge is 2.20. The number of para-hydroxylation sites is 1. The van der Waals surface area contributed by atoms with Gasteiger partial charge in [0.05, 0.1) is 0 Å². The molecule has 0 aliphatic rings. The van der Waals surface area contributed by atoms with Gasteiger partial charge in [-0.05, 0) is 37.4 Å². The minimum atomic E-state index is -3.53. The van der Waals surface area contributed by atoms with Crippen LogP contribution in [0.15, 0.2) is 66.2 Å². The maximum absolute atomic E-state index is 12.4. The van der Waals surface area contributed by atoms with Crippen LogP contribution in [0.4, 0.5) is 0 Å². The van der Waals surface area contributed by atoms with Crippen LogP contribution in [0.5, 0.6) is 0 Å². The topological polar surface area (TPSA) is 54.3 Å². The summed E-state index contributed by atoms with van der Waals surface area (Å²) in [6.45, 7) is 0.294. The van der Waals surface area contributed by atoms with Gasteiger partial charge in [-0.1, -0.05) is 48.5 Å². The van der Waals surface area contributed by atoms with E-state index in [1.165, 1.54) is 5.41 Å². The Morgan fingerprint density at radius 1 is 1.07 bits per heavy atom. The van der Waals surface area contributed by atoms with E-state index in [-0.39, 0.29) is 6.04 Å². The third kappa shape index (κ3) is 4.66. The number of aryl methyl sites for hydroxylation is 1. The van der Waals surface area contributed by atoms with Crippen LogP contribution in [0.2, 0.25) is 0 Å². The van der Waals surface area contributed by atoms with Crippen LogP contribution in [0.3, 0.4) is 0 Å². The second-order valence-electron chi connectivity index (χ2n) is 6.80. The number of likely N-dealkylation sites (N-methyl/N-ethyl adjacent to an activating group) is 1. The summed E-state index contributed by atoms with van der Waals surface area (Å²) in [6.07, 6.45) is 3.67. The largest absolute Gasteiger partial charge is 0.350 e. The highest BCUT2D eigenvalue weighted by Crippen LogP contribution is 2.28. The minimum absolute atomic E-state index is 0.0731. The Kier molecular flexibility index (Phi) is 5.79. The van der Waals surface area contributed by atoms with Crippen LogP contribution in [-0.4, -0.2) is 38.5 Å². The highest BCUT2D eigenvalue weighted by atomic mass is 32.2. The second kappa shape index (κ2) is 8.08. The monoisotopic (exact) mass is 383 g/mol. The summed E-state index contributed by atoms with van der Waals surface area (Å²) in [6, 6.07) is 17.5. The summed E-state index contributed by atoms with van der Waals surface area (Å²) in [5.74, 6) is 0. The zero-order valence-electron chi connectivity index (χ0n) is 15.8. The number of nitrogens with zero attached hydrogens (tertiary/aromatic N) is 2. The first-order valence-corrected chi connectivity index (χ1v) is 10.4. The third-order valence-corrected chi connectivity index (χ3v) is 5.69. The predicted octanol–water partition coefficient (Wildman–Crippen LogP) is 3.37. The Balaban J connectivity index is 1.80. The number of nitrogens with one attached hydrogen (secondary N) is 1. The molecule has 1 atom stereocenters. The van der Waals surface area contributed by atoms with E-state index in [2.05, 4.69) is 27.6 Å². The van der Waals surface area contributed by atoms with Crippen LogP contribution < -0.4 is 4.72 Å². The van der Waals surface area contributed by atoms with Gasteiger partial charge in [0, 0.05) is 42.1 Å². The fraction of sp³-hybridized carbons (Fsp3) is 0.238. The molecule has 142 valence electrons. The van der Waals surface area contributed by atoms with Gasteiger partial charge in [0.2, 0.25) is 10.0 Å². The van der Waals surface area contributed by atoms with Crippen molar-refractivity contribution in [3.05, 3.63) is 77.3 Å². The number of sulfonamides is 1. The molecule has 3 aromatic rings. The van der Waals surface area contributed by atoms with Gasteiger partial charge in [-0.2, -0.15) is 0 Å². The van der Waals surface area contributed by atoms with Crippen LogP contribution in [0.1, 0.15) is 17.2 Å². The molecule has 0 radical (unpaired) electrons. The van der Waals surface area contributed by atoms with E-state index in [4.69, 9.17) is 0 Å². The summed E-state index contributed by atoms with van der Waals surface area (Å²) >= 11 is 0. The molecule has 0 saturated carbocycles. The Morgan fingerprint density at radius 3 is 2.44 bits per heavy atom. The molecule has 6 heteroatoms. The van der Waals surface area contributed by atoms with E-state index in [1.54, 1.807) is 6.08 Å². The quantitative estimate of drug-likeness (QED) is 0.681. The molecule has 0 aliphatic carbocycles. The molecule has 0 fully saturated rings. The van der Waals surface area contributed by atoms with Crippen molar-refractivity contribution in [2.75, 3.05) is 20.6 Å². The van der Waals surface area contributed by atoms with Gasteiger partial charge in [-0.3, -0.25) is 0 Å². The number of rotatable bonds is 7. The molecule has 0 bridgehead atoms. The first-order chi connectivity index (χ1) is 12.9.